The average Bonchev–Trinajstić information content (AvgIpc) is 3.39. The molecule has 1 aliphatic heterocycles. The molecule has 9 heteroatoms. The summed E-state index contributed by atoms with van der Waals surface area (Å²) in [5, 5.41) is 20.2. The lowest BCUT2D eigenvalue weighted by Gasteiger charge is -2.29. The molecule has 3 N–H and O–H groups in total. The molecule has 0 aromatic heterocycles. The second-order valence-corrected chi connectivity index (χ2v) is 8.91. The van der Waals surface area contributed by atoms with E-state index in [1.54, 1.807) is 26.2 Å². The molecule has 9 nitrogen and oxygen atoms in total. The Bertz CT molecular complexity index is 977. The molecule has 0 spiro atoms. The van der Waals surface area contributed by atoms with Crippen molar-refractivity contribution in [2.75, 3.05) is 20.2 Å². The van der Waals surface area contributed by atoms with Crippen LogP contribution in [0.1, 0.15) is 30.9 Å². The molecule has 0 saturated carbocycles. The van der Waals surface area contributed by atoms with Crippen LogP contribution in [0.2, 0.25) is 0 Å². The van der Waals surface area contributed by atoms with Crippen molar-refractivity contribution < 1.29 is 19.2 Å². The topological polar surface area (TPSA) is 123 Å². The molecule has 1 saturated heterocycles. The van der Waals surface area contributed by atoms with Crippen molar-refractivity contribution in [2.24, 2.45) is 5.92 Å². The van der Waals surface area contributed by atoms with Crippen LogP contribution in [0.3, 0.4) is 0 Å². The first-order chi connectivity index (χ1) is 16.9. The van der Waals surface area contributed by atoms with Crippen LogP contribution in [0.25, 0.3) is 0 Å². The molecule has 1 fully saturated rings. The van der Waals surface area contributed by atoms with Crippen molar-refractivity contribution in [1.82, 2.24) is 16.0 Å². The summed E-state index contributed by atoms with van der Waals surface area (Å²) in [6.45, 7) is 3.13. The summed E-state index contributed by atoms with van der Waals surface area (Å²) < 4.78 is 5.64. The third-order valence-corrected chi connectivity index (χ3v) is 6.45. The number of benzene rings is 2. The first kappa shape index (κ1) is 26.3. The second-order valence-electron chi connectivity index (χ2n) is 8.91. The van der Waals surface area contributed by atoms with E-state index >= 15 is 0 Å². The van der Waals surface area contributed by atoms with E-state index in [1.807, 2.05) is 30.3 Å². The van der Waals surface area contributed by atoms with Gasteiger partial charge in [0, 0.05) is 38.2 Å². The molecule has 1 unspecified atom stereocenters. The average molecular weight is 483 g/mol. The number of methoxy groups -OCH3 is 1. The number of hydrogen-bond donors (Lipinski definition) is 3. The Balaban J connectivity index is 1.68. The van der Waals surface area contributed by atoms with E-state index in [1.165, 1.54) is 12.1 Å². The zero-order chi connectivity index (χ0) is 25.2. The number of amides is 2. The molecule has 0 radical (unpaired) electrons. The van der Waals surface area contributed by atoms with E-state index < -0.39 is 16.9 Å². The van der Waals surface area contributed by atoms with Gasteiger partial charge < -0.3 is 20.7 Å². The van der Waals surface area contributed by atoms with Crippen LogP contribution in [-0.4, -0.2) is 55.1 Å². The van der Waals surface area contributed by atoms with Gasteiger partial charge >= 0.3 is 0 Å². The van der Waals surface area contributed by atoms with Gasteiger partial charge in [0.2, 0.25) is 11.8 Å². The van der Waals surface area contributed by atoms with E-state index in [9.17, 15) is 19.7 Å². The predicted octanol–water partition coefficient (Wildman–Crippen LogP) is 2.38. The van der Waals surface area contributed by atoms with Gasteiger partial charge in [0.15, 0.2) is 0 Å². The highest BCUT2D eigenvalue weighted by Crippen LogP contribution is 2.19. The molecule has 35 heavy (non-hydrogen) atoms. The van der Waals surface area contributed by atoms with Gasteiger partial charge in [0.1, 0.15) is 6.04 Å². The summed E-state index contributed by atoms with van der Waals surface area (Å²) in [5.41, 5.74) is 1.79. The Hall–Kier alpha value is -3.30. The Morgan fingerprint density at radius 1 is 1.11 bits per heavy atom. The summed E-state index contributed by atoms with van der Waals surface area (Å²) >= 11 is 0. The van der Waals surface area contributed by atoms with Gasteiger partial charge in [-0.1, -0.05) is 49.4 Å². The maximum absolute atomic E-state index is 13.2. The van der Waals surface area contributed by atoms with Gasteiger partial charge in [0.05, 0.1) is 16.9 Å². The summed E-state index contributed by atoms with van der Waals surface area (Å²) in [6, 6.07) is 15.1. The molecule has 0 aliphatic carbocycles. The van der Waals surface area contributed by atoms with Gasteiger partial charge in [-0.15, -0.1) is 0 Å². The molecule has 2 aromatic rings. The number of nitro benzene ring substituents is 1. The van der Waals surface area contributed by atoms with Crippen LogP contribution in [-0.2, 0) is 27.2 Å². The highest BCUT2D eigenvalue weighted by Gasteiger charge is 2.34. The van der Waals surface area contributed by atoms with Crippen molar-refractivity contribution in [3.8, 4) is 0 Å². The molecule has 4 atom stereocenters. The van der Waals surface area contributed by atoms with Gasteiger partial charge in [-0.25, -0.2) is 0 Å². The van der Waals surface area contributed by atoms with Gasteiger partial charge in [0.25, 0.3) is 5.69 Å². The van der Waals surface area contributed by atoms with Gasteiger partial charge in [-0.05, 0) is 36.9 Å². The van der Waals surface area contributed by atoms with Gasteiger partial charge in [-0.2, -0.15) is 0 Å². The van der Waals surface area contributed by atoms with Crippen LogP contribution >= 0.6 is 0 Å². The highest BCUT2D eigenvalue weighted by atomic mass is 16.6. The number of nitrogens with zero attached hydrogens (tertiary/aromatic N) is 1. The first-order valence-electron chi connectivity index (χ1n) is 12.0. The number of hydrogen-bond acceptors (Lipinski definition) is 6. The van der Waals surface area contributed by atoms with Crippen molar-refractivity contribution >= 4 is 17.5 Å². The SMILES string of the molecule is CO[C@@H]([C@@H]1CCCN1)[C@@H](C)C(=O)NC(Cc1ccc([N+](=O)[O-])cc1)C(=O)NCCc1ccccc1. The van der Waals surface area contributed by atoms with Crippen LogP contribution in [0, 0.1) is 16.0 Å². The predicted molar refractivity (Wildman–Crippen MR) is 133 cm³/mol. The van der Waals surface area contributed by atoms with Gasteiger partial charge in [-0.3, -0.25) is 19.7 Å². The molecule has 1 aliphatic rings. The largest absolute Gasteiger partial charge is 0.379 e. The van der Waals surface area contributed by atoms with Crippen LogP contribution in [0.15, 0.2) is 54.6 Å². The van der Waals surface area contributed by atoms with E-state index in [2.05, 4.69) is 16.0 Å². The quantitative estimate of drug-likeness (QED) is 0.315. The van der Waals surface area contributed by atoms with Crippen molar-refractivity contribution in [2.45, 2.75) is 50.8 Å². The molecular weight excluding hydrogens is 448 g/mol. The molecular formula is C26H34N4O5. The number of rotatable bonds is 12. The highest BCUT2D eigenvalue weighted by molar-refractivity contribution is 5.88. The number of ether oxygens (including phenoxy) is 1. The Morgan fingerprint density at radius 2 is 1.83 bits per heavy atom. The summed E-state index contributed by atoms with van der Waals surface area (Å²) in [7, 11) is 1.60. The number of nitro groups is 1. The molecule has 188 valence electrons. The van der Waals surface area contributed by atoms with Crippen molar-refractivity contribution in [3.63, 3.8) is 0 Å². The van der Waals surface area contributed by atoms with Crippen LogP contribution < -0.4 is 16.0 Å². The smallest absolute Gasteiger partial charge is 0.269 e. The number of non-ortho nitro benzene ring substituents is 1. The van der Waals surface area contributed by atoms with Crippen molar-refractivity contribution in [1.29, 1.82) is 0 Å². The van der Waals surface area contributed by atoms with Crippen molar-refractivity contribution in [3.05, 3.63) is 75.8 Å². The summed E-state index contributed by atoms with van der Waals surface area (Å²) in [5.74, 6) is -1.03. The van der Waals surface area contributed by atoms with E-state index in [0.717, 1.165) is 24.9 Å². The standard InChI is InChI=1S/C26H34N4O5/c1-18(24(35-2)22-9-6-15-27-22)25(31)29-23(17-20-10-12-21(13-11-20)30(33)34)26(32)28-16-14-19-7-4-3-5-8-19/h3-5,7-8,10-13,18,22-24,27H,6,9,14-17H2,1-2H3,(H,28,32)(H,29,31)/t18-,22+,23?,24-/m1/s1. The number of carbonyl (C=O) groups is 2. The monoisotopic (exact) mass is 482 g/mol. The zero-order valence-electron chi connectivity index (χ0n) is 20.2. The fraction of sp³-hybridized carbons (Fsp3) is 0.462. The zero-order valence-corrected chi connectivity index (χ0v) is 20.2. The Labute approximate surface area is 205 Å². The molecule has 2 aromatic carbocycles. The minimum Gasteiger partial charge on any atom is -0.379 e. The molecule has 2 amide bonds. The lowest BCUT2D eigenvalue weighted by atomic mass is 9.94. The maximum Gasteiger partial charge on any atom is 0.269 e. The fourth-order valence-electron chi connectivity index (χ4n) is 4.46. The maximum atomic E-state index is 13.2. The second kappa shape index (κ2) is 13.0. The Morgan fingerprint density at radius 3 is 2.43 bits per heavy atom. The number of carbonyl (C=O) groups excluding carboxylic acids is 2. The van der Waals surface area contributed by atoms with E-state index in [-0.39, 0.29) is 36.1 Å². The van der Waals surface area contributed by atoms with Crippen LogP contribution in [0.5, 0.6) is 0 Å². The lowest BCUT2D eigenvalue weighted by Crippen LogP contribution is -2.53. The Kier molecular flexibility index (Phi) is 9.75. The molecule has 1 heterocycles. The minimum atomic E-state index is -0.823. The third kappa shape index (κ3) is 7.60. The van der Waals surface area contributed by atoms with Crippen LogP contribution in [0.4, 0.5) is 5.69 Å². The van der Waals surface area contributed by atoms with E-state index in [4.69, 9.17) is 4.74 Å². The fourth-order valence-corrected chi connectivity index (χ4v) is 4.46. The number of nitrogens with one attached hydrogen (secondary N) is 3. The molecule has 3 rings (SSSR count). The molecule has 0 bridgehead atoms. The third-order valence-electron chi connectivity index (χ3n) is 6.45. The summed E-state index contributed by atoms with van der Waals surface area (Å²) in [4.78, 5) is 36.7. The lowest BCUT2D eigenvalue weighted by molar-refractivity contribution is -0.384. The normalized spacial score (nSPS) is 17.8. The summed E-state index contributed by atoms with van der Waals surface area (Å²) in [6.07, 6.45) is 2.54. The minimum absolute atomic E-state index is 0.0257. The first-order valence-corrected chi connectivity index (χ1v) is 12.0. The van der Waals surface area contributed by atoms with E-state index in [0.29, 0.717) is 18.5 Å².